The van der Waals surface area contributed by atoms with Gasteiger partial charge in [-0.1, -0.05) is 44.4 Å². The van der Waals surface area contributed by atoms with E-state index in [0.29, 0.717) is 12.1 Å². The van der Waals surface area contributed by atoms with E-state index < -0.39 is 35.1 Å². The van der Waals surface area contributed by atoms with Gasteiger partial charge in [0.15, 0.2) is 0 Å². The quantitative estimate of drug-likeness (QED) is 0.269. The Morgan fingerprint density at radius 3 is 1.73 bits per heavy atom. The number of halogens is 7. The molecule has 4 nitrogen and oxygen atoms in total. The number of nitrogens with two attached hydrogens (primary N) is 1. The van der Waals surface area contributed by atoms with Gasteiger partial charge in [-0.2, -0.15) is 26.3 Å². The van der Waals surface area contributed by atoms with Crippen molar-refractivity contribution < 1.29 is 40.6 Å². The van der Waals surface area contributed by atoms with Gasteiger partial charge < -0.3 is 15.6 Å². The van der Waals surface area contributed by atoms with Crippen LogP contribution in [0.15, 0.2) is 48.5 Å². The van der Waals surface area contributed by atoms with Crippen LogP contribution in [0.3, 0.4) is 0 Å². The number of aliphatic hydroxyl groups is 1. The first-order chi connectivity index (χ1) is 17.3. The largest absolute Gasteiger partial charge is 0.416 e. The molecule has 1 aliphatic heterocycles. The van der Waals surface area contributed by atoms with Gasteiger partial charge in [-0.25, -0.2) is 4.39 Å². The van der Waals surface area contributed by atoms with Crippen molar-refractivity contribution in [2.75, 3.05) is 32.8 Å². The highest BCUT2D eigenvalue weighted by molar-refractivity contribution is 5.34. The summed E-state index contributed by atoms with van der Waals surface area (Å²) in [6.45, 7) is 9.73. The van der Waals surface area contributed by atoms with E-state index in [9.17, 15) is 30.7 Å². The predicted octanol–water partition coefficient (Wildman–Crippen LogP) is 6.26. The van der Waals surface area contributed by atoms with E-state index in [1.807, 2.05) is 0 Å². The lowest BCUT2D eigenvalue weighted by Gasteiger charge is -2.23. The first-order valence-corrected chi connectivity index (χ1v) is 11.4. The van der Waals surface area contributed by atoms with Crippen molar-refractivity contribution in [1.82, 2.24) is 4.90 Å². The molecule has 2 aromatic rings. The van der Waals surface area contributed by atoms with Crippen LogP contribution in [-0.4, -0.2) is 42.9 Å². The Morgan fingerprint density at radius 1 is 0.946 bits per heavy atom. The fraction of sp³-hybridized carbons (Fsp3) is 0.462. The van der Waals surface area contributed by atoms with Crippen LogP contribution in [0.5, 0.6) is 0 Å². The van der Waals surface area contributed by atoms with Gasteiger partial charge >= 0.3 is 12.4 Å². The summed E-state index contributed by atoms with van der Waals surface area (Å²) in [6.07, 6.45) is -9.92. The Balaban J connectivity index is 0.000000545. The van der Waals surface area contributed by atoms with E-state index >= 15 is 0 Å². The van der Waals surface area contributed by atoms with Gasteiger partial charge in [0.05, 0.1) is 37.0 Å². The predicted molar refractivity (Wildman–Crippen MR) is 129 cm³/mol. The molecule has 0 aliphatic carbocycles. The molecule has 3 N–H and O–H groups in total. The minimum absolute atomic E-state index is 0.0197. The summed E-state index contributed by atoms with van der Waals surface area (Å²) < 4.78 is 91.2. The number of hydrogen-bond donors (Lipinski definition) is 2. The molecule has 3 rings (SSSR count). The van der Waals surface area contributed by atoms with E-state index in [1.165, 1.54) is 18.6 Å². The first kappa shape index (κ1) is 34.2. The number of aliphatic hydroxyl groups excluding tert-OH is 1. The van der Waals surface area contributed by atoms with E-state index in [2.05, 4.69) is 30.7 Å². The van der Waals surface area contributed by atoms with E-state index in [1.54, 1.807) is 18.2 Å². The molecular weight excluding hydrogens is 505 g/mol. The SMILES string of the molecule is CCC.C[C@@H](O)c1cc(C(F)(F)F)cc(C(F)(F)F)c1.Fc1ccccc1.NC#CCN1CCOCC1. The smallest absolute Gasteiger partial charge is 0.389 e. The number of morpholine rings is 1. The second kappa shape index (κ2) is 17.6. The molecule has 0 saturated carbocycles. The lowest BCUT2D eigenvalue weighted by Crippen LogP contribution is -2.36. The van der Waals surface area contributed by atoms with E-state index in [-0.39, 0.29) is 11.9 Å². The molecule has 1 atom stereocenters. The van der Waals surface area contributed by atoms with E-state index in [0.717, 1.165) is 39.8 Å². The van der Waals surface area contributed by atoms with Crippen molar-refractivity contribution >= 4 is 0 Å². The molecule has 2 aromatic carbocycles. The van der Waals surface area contributed by atoms with Crippen molar-refractivity contribution in [2.45, 2.75) is 45.6 Å². The Bertz CT molecular complexity index is 900. The Morgan fingerprint density at radius 2 is 1.41 bits per heavy atom. The van der Waals surface area contributed by atoms with Crippen LogP contribution < -0.4 is 5.73 Å². The molecule has 0 aromatic heterocycles. The zero-order valence-electron chi connectivity index (χ0n) is 21.0. The van der Waals surface area contributed by atoms with Crippen molar-refractivity contribution in [2.24, 2.45) is 5.73 Å². The van der Waals surface area contributed by atoms with Crippen molar-refractivity contribution in [3.05, 3.63) is 71.0 Å². The minimum Gasteiger partial charge on any atom is -0.389 e. The zero-order chi connectivity index (χ0) is 28.5. The maximum absolute atomic E-state index is 12.4. The monoisotopic (exact) mass is 538 g/mol. The van der Waals surface area contributed by atoms with Gasteiger partial charge in [-0.15, -0.1) is 0 Å². The summed E-state index contributed by atoms with van der Waals surface area (Å²) in [5.74, 6) is 2.64. The zero-order valence-corrected chi connectivity index (χ0v) is 21.0. The van der Waals surface area contributed by atoms with Gasteiger partial charge in [0.1, 0.15) is 5.82 Å². The molecule has 0 bridgehead atoms. The van der Waals surface area contributed by atoms with E-state index in [4.69, 9.17) is 15.6 Å². The highest BCUT2D eigenvalue weighted by atomic mass is 19.4. The molecule has 1 saturated heterocycles. The second-order valence-corrected chi connectivity index (χ2v) is 7.73. The third-order valence-corrected chi connectivity index (χ3v) is 4.33. The molecule has 0 radical (unpaired) electrons. The Hall–Kier alpha value is -2.81. The Kier molecular flexibility index (Phi) is 16.3. The van der Waals surface area contributed by atoms with Crippen molar-refractivity contribution in [3.63, 3.8) is 0 Å². The minimum atomic E-state index is -4.88. The molecule has 0 unspecified atom stereocenters. The third-order valence-electron chi connectivity index (χ3n) is 4.33. The van der Waals surface area contributed by atoms with Crippen LogP contribution in [0.4, 0.5) is 30.7 Å². The number of benzene rings is 2. The first-order valence-electron chi connectivity index (χ1n) is 11.4. The van der Waals surface area contributed by atoms with Crippen molar-refractivity contribution in [1.29, 1.82) is 0 Å². The van der Waals surface area contributed by atoms with Crippen LogP contribution in [0, 0.1) is 17.8 Å². The van der Waals surface area contributed by atoms with Gasteiger partial charge in [0.25, 0.3) is 0 Å². The topological polar surface area (TPSA) is 58.7 Å². The molecule has 0 spiro atoms. The standard InChI is InChI=1S/C10H8F6O.C7H12N2O.C6H5F.C3H8/c1-5(17)6-2-7(9(11,12)13)4-8(3-6)10(14,15)16;8-2-1-3-9-4-6-10-7-5-9;7-6-4-2-1-3-5-6;1-3-2/h2-5,17H,1H3;3-8H2;1-5H;3H2,1-2H3/t5-;;;/m1.../s1. The average molecular weight is 539 g/mol. The molecule has 37 heavy (non-hydrogen) atoms. The molecule has 11 heteroatoms. The van der Waals surface area contributed by atoms with Gasteiger partial charge in [-0.3, -0.25) is 4.90 Å². The summed E-state index contributed by atoms with van der Waals surface area (Å²) in [6, 6.07) is 11.3. The number of nitrogens with zero attached hydrogens (tertiary/aromatic N) is 1. The second-order valence-electron chi connectivity index (χ2n) is 7.73. The number of ether oxygens (including phenoxy) is 1. The summed E-state index contributed by atoms with van der Waals surface area (Å²) >= 11 is 0. The van der Waals surface area contributed by atoms with Gasteiger partial charge in [0, 0.05) is 19.1 Å². The summed E-state index contributed by atoms with van der Waals surface area (Å²) in [4.78, 5) is 2.23. The number of hydrogen-bond acceptors (Lipinski definition) is 4. The highest BCUT2D eigenvalue weighted by Crippen LogP contribution is 2.37. The fourth-order valence-electron chi connectivity index (χ4n) is 2.55. The summed E-state index contributed by atoms with van der Waals surface area (Å²) in [5, 5.41) is 9.07. The van der Waals surface area contributed by atoms with Gasteiger partial charge in [0.2, 0.25) is 0 Å². The molecule has 1 fully saturated rings. The Labute approximate surface area is 213 Å². The molecule has 0 amide bonds. The number of alkyl halides is 6. The third kappa shape index (κ3) is 15.8. The number of rotatable bonds is 2. The molecule has 1 aliphatic rings. The average Bonchev–Trinajstić information content (AvgIpc) is 2.84. The molecule has 1 heterocycles. The maximum atomic E-state index is 12.4. The summed E-state index contributed by atoms with van der Waals surface area (Å²) in [7, 11) is 0. The van der Waals surface area contributed by atoms with Crippen LogP contribution in [0.25, 0.3) is 0 Å². The van der Waals surface area contributed by atoms with Crippen LogP contribution >= 0.6 is 0 Å². The van der Waals surface area contributed by atoms with Crippen LogP contribution in [-0.2, 0) is 17.1 Å². The van der Waals surface area contributed by atoms with Crippen molar-refractivity contribution in [3.8, 4) is 12.0 Å². The van der Waals surface area contributed by atoms with Crippen LogP contribution in [0.1, 0.15) is 50.0 Å². The lowest BCUT2D eigenvalue weighted by atomic mass is 10.0. The molecule has 208 valence electrons. The lowest BCUT2D eigenvalue weighted by molar-refractivity contribution is -0.143. The highest BCUT2D eigenvalue weighted by Gasteiger charge is 2.37. The maximum Gasteiger partial charge on any atom is 0.416 e. The summed E-state index contributed by atoms with van der Waals surface area (Å²) in [5.41, 5.74) is 1.75. The molecular formula is C26H33F7N2O2. The van der Waals surface area contributed by atoms with Crippen LogP contribution in [0.2, 0.25) is 0 Å². The van der Waals surface area contributed by atoms with Gasteiger partial charge in [-0.05, 0) is 42.8 Å². The normalized spacial score (nSPS) is 14.2. The fourth-order valence-corrected chi connectivity index (χ4v) is 2.55.